The SMILES string of the molecule is CC(=O)C1CCC(CN=O)CC1. The first-order valence-electron chi connectivity index (χ1n) is 4.53. The number of hydrogen-bond donors (Lipinski definition) is 0. The molecule has 0 unspecified atom stereocenters. The molecule has 0 aliphatic heterocycles. The van der Waals surface area contributed by atoms with Crippen LogP contribution in [0.2, 0.25) is 0 Å². The van der Waals surface area contributed by atoms with Crippen LogP contribution in [0.15, 0.2) is 5.18 Å². The molecular formula is C9H15NO2. The van der Waals surface area contributed by atoms with E-state index in [1.165, 1.54) is 0 Å². The van der Waals surface area contributed by atoms with Crippen molar-refractivity contribution < 1.29 is 4.79 Å². The quantitative estimate of drug-likeness (QED) is 0.608. The molecule has 0 radical (unpaired) electrons. The van der Waals surface area contributed by atoms with Gasteiger partial charge in [0.1, 0.15) is 5.78 Å². The highest BCUT2D eigenvalue weighted by molar-refractivity contribution is 5.78. The van der Waals surface area contributed by atoms with Crippen molar-refractivity contribution >= 4 is 5.78 Å². The summed E-state index contributed by atoms with van der Waals surface area (Å²) in [6.45, 7) is 2.09. The predicted molar refractivity (Wildman–Crippen MR) is 46.8 cm³/mol. The molecule has 0 N–H and O–H groups in total. The summed E-state index contributed by atoms with van der Waals surface area (Å²) in [4.78, 5) is 20.9. The fourth-order valence-corrected chi connectivity index (χ4v) is 1.86. The van der Waals surface area contributed by atoms with E-state index in [0.717, 1.165) is 25.7 Å². The summed E-state index contributed by atoms with van der Waals surface area (Å²) < 4.78 is 0. The molecule has 0 saturated heterocycles. The molecule has 3 nitrogen and oxygen atoms in total. The first-order chi connectivity index (χ1) is 5.74. The van der Waals surface area contributed by atoms with Crippen LogP contribution in [-0.4, -0.2) is 12.3 Å². The van der Waals surface area contributed by atoms with Gasteiger partial charge in [-0.1, -0.05) is 5.18 Å². The van der Waals surface area contributed by atoms with Crippen LogP contribution in [0.4, 0.5) is 0 Å². The molecule has 0 aromatic carbocycles. The van der Waals surface area contributed by atoms with Gasteiger partial charge in [0.25, 0.3) is 0 Å². The van der Waals surface area contributed by atoms with Gasteiger partial charge in [-0.2, -0.15) is 4.91 Å². The van der Waals surface area contributed by atoms with E-state index in [1.54, 1.807) is 6.92 Å². The molecule has 0 amide bonds. The van der Waals surface area contributed by atoms with E-state index in [0.29, 0.717) is 18.2 Å². The number of carbonyl (C=O) groups excluding carboxylic acids is 1. The number of hydrogen-bond acceptors (Lipinski definition) is 3. The van der Waals surface area contributed by atoms with E-state index < -0.39 is 0 Å². The Kier molecular flexibility index (Phi) is 3.38. The van der Waals surface area contributed by atoms with Gasteiger partial charge < -0.3 is 0 Å². The Morgan fingerprint density at radius 3 is 2.33 bits per heavy atom. The zero-order chi connectivity index (χ0) is 8.97. The van der Waals surface area contributed by atoms with Crippen LogP contribution in [0.5, 0.6) is 0 Å². The summed E-state index contributed by atoms with van der Waals surface area (Å²) in [6, 6.07) is 0. The van der Waals surface area contributed by atoms with E-state index in [4.69, 9.17) is 0 Å². The van der Waals surface area contributed by atoms with Crippen molar-refractivity contribution in [2.45, 2.75) is 32.6 Å². The van der Waals surface area contributed by atoms with Crippen LogP contribution in [0.25, 0.3) is 0 Å². The number of nitrogens with zero attached hydrogens (tertiary/aromatic N) is 1. The number of nitroso groups, excluding NO2 is 1. The first kappa shape index (κ1) is 9.36. The molecule has 3 heteroatoms. The first-order valence-corrected chi connectivity index (χ1v) is 4.53. The van der Waals surface area contributed by atoms with Crippen molar-refractivity contribution in [3.05, 3.63) is 4.91 Å². The van der Waals surface area contributed by atoms with Crippen molar-refractivity contribution in [2.24, 2.45) is 17.0 Å². The Labute approximate surface area is 72.5 Å². The molecule has 1 aliphatic rings. The maximum absolute atomic E-state index is 11.0. The lowest BCUT2D eigenvalue weighted by molar-refractivity contribution is -0.121. The Hall–Kier alpha value is -0.730. The average Bonchev–Trinajstić information content (AvgIpc) is 2.06. The third kappa shape index (κ3) is 2.40. The molecule has 1 aliphatic carbocycles. The summed E-state index contributed by atoms with van der Waals surface area (Å²) >= 11 is 0. The lowest BCUT2D eigenvalue weighted by atomic mass is 9.80. The highest BCUT2D eigenvalue weighted by atomic mass is 16.3. The Morgan fingerprint density at radius 1 is 1.33 bits per heavy atom. The van der Waals surface area contributed by atoms with Crippen LogP contribution in [-0.2, 0) is 4.79 Å². The molecule has 0 aromatic heterocycles. The van der Waals surface area contributed by atoms with E-state index in [9.17, 15) is 9.70 Å². The van der Waals surface area contributed by atoms with Crippen molar-refractivity contribution in [1.29, 1.82) is 0 Å². The molecule has 0 heterocycles. The third-order valence-electron chi connectivity index (χ3n) is 2.75. The second-order valence-electron chi connectivity index (χ2n) is 3.64. The second-order valence-corrected chi connectivity index (χ2v) is 3.64. The topological polar surface area (TPSA) is 46.5 Å². The fourth-order valence-electron chi connectivity index (χ4n) is 1.86. The van der Waals surface area contributed by atoms with Gasteiger partial charge in [-0.05, 0) is 38.5 Å². The van der Waals surface area contributed by atoms with Crippen LogP contribution in [0.3, 0.4) is 0 Å². The zero-order valence-electron chi connectivity index (χ0n) is 7.45. The lowest BCUT2D eigenvalue weighted by Gasteiger charge is -2.24. The highest BCUT2D eigenvalue weighted by Crippen LogP contribution is 2.29. The Morgan fingerprint density at radius 2 is 1.92 bits per heavy atom. The molecule has 0 atom stereocenters. The van der Waals surface area contributed by atoms with E-state index in [1.807, 2.05) is 0 Å². The van der Waals surface area contributed by atoms with Gasteiger partial charge >= 0.3 is 0 Å². The van der Waals surface area contributed by atoms with Crippen molar-refractivity contribution in [2.75, 3.05) is 6.54 Å². The maximum atomic E-state index is 11.0. The van der Waals surface area contributed by atoms with Gasteiger partial charge in [0, 0.05) is 5.92 Å². The molecule has 1 saturated carbocycles. The summed E-state index contributed by atoms with van der Waals surface area (Å²) in [6.07, 6.45) is 3.90. The van der Waals surface area contributed by atoms with Gasteiger partial charge in [-0.15, -0.1) is 0 Å². The van der Waals surface area contributed by atoms with Crippen LogP contribution in [0.1, 0.15) is 32.6 Å². The predicted octanol–water partition coefficient (Wildman–Crippen LogP) is 2.15. The fraction of sp³-hybridized carbons (Fsp3) is 0.889. The summed E-state index contributed by atoms with van der Waals surface area (Å²) in [7, 11) is 0. The molecule has 12 heavy (non-hydrogen) atoms. The minimum atomic E-state index is 0.257. The van der Waals surface area contributed by atoms with Crippen molar-refractivity contribution in [3.63, 3.8) is 0 Å². The zero-order valence-corrected chi connectivity index (χ0v) is 7.45. The average molecular weight is 169 g/mol. The molecule has 0 aromatic rings. The molecule has 68 valence electrons. The lowest BCUT2D eigenvalue weighted by Crippen LogP contribution is -2.21. The Bertz CT molecular complexity index is 171. The number of carbonyl (C=O) groups is 1. The molecule has 1 fully saturated rings. The van der Waals surface area contributed by atoms with Gasteiger partial charge in [0.2, 0.25) is 0 Å². The van der Waals surface area contributed by atoms with Crippen molar-refractivity contribution in [3.8, 4) is 0 Å². The third-order valence-corrected chi connectivity index (χ3v) is 2.75. The van der Waals surface area contributed by atoms with Crippen LogP contribution < -0.4 is 0 Å². The van der Waals surface area contributed by atoms with Gasteiger partial charge in [0.05, 0.1) is 6.54 Å². The minimum absolute atomic E-state index is 0.257. The second kappa shape index (κ2) is 4.33. The van der Waals surface area contributed by atoms with Gasteiger partial charge in [-0.3, -0.25) is 4.79 Å². The molecule has 0 spiro atoms. The molecular weight excluding hydrogens is 154 g/mol. The number of rotatable bonds is 3. The summed E-state index contributed by atoms with van der Waals surface area (Å²) in [5.74, 6) is 0.999. The van der Waals surface area contributed by atoms with Crippen LogP contribution in [0, 0.1) is 16.7 Å². The number of ketones is 1. The van der Waals surface area contributed by atoms with E-state index >= 15 is 0 Å². The maximum Gasteiger partial charge on any atom is 0.132 e. The molecule has 0 bridgehead atoms. The van der Waals surface area contributed by atoms with Crippen molar-refractivity contribution in [1.82, 2.24) is 0 Å². The largest absolute Gasteiger partial charge is 0.300 e. The highest BCUT2D eigenvalue weighted by Gasteiger charge is 2.23. The van der Waals surface area contributed by atoms with E-state index in [2.05, 4.69) is 5.18 Å². The standard InChI is InChI=1S/C9H15NO2/c1-7(11)9-4-2-8(3-5-9)6-10-12/h8-9H,2-6H2,1H3. The van der Waals surface area contributed by atoms with Gasteiger partial charge in [0.15, 0.2) is 0 Å². The molecule has 1 rings (SSSR count). The minimum Gasteiger partial charge on any atom is -0.300 e. The smallest absolute Gasteiger partial charge is 0.132 e. The summed E-state index contributed by atoms with van der Waals surface area (Å²) in [5.41, 5.74) is 0. The monoisotopic (exact) mass is 169 g/mol. The van der Waals surface area contributed by atoms with Gasteiger partial charge in [-0.25, -0.2) is 0 Å². The summed E-state index contributed by atoms with van der Waals surface area (Å²) in [5, 5.41) is 2.89. The Balaban J connectivity index is 2.29. The number of Topliss-reactive ketones (excluding diaryl/α,β-unsaturated/α-hetero) is 1. The normalized spacial score (nSPS) is 29.8. The van der Waals surface area contributed by atoms with Crippen LogP contribution >= 0.6 is 0 Å². The van der Waals surface area contributed by atoms with E-state index in [-0.39, 0.29) is 5.92 Å².